The summed E-state index contributed by atoms with van der Waals surface area (Å²) in [4.78, 5) is 2.11. The fourth-order valence-electron chi connectivity index (χ4n) is 3.71. The van der Waals surface area contributed by atoms with Crippen LogP contribution >= 0.6 is 0 Å². The highest BCUT2D eigenvalue weighted by Gasteiger charge is 2.29. The van der Waals surface area contributed by atoms with Crippen LogP contribution in [0.5, 0.6) is 0 Å². The van der Waals surface area contributed by atoms with E-state index in [4.69, 9.17) is 5.10 Å². The zero-order chi connectivity index (χ0) is 17.5. The lowest BCUT2D eigenvalue weighted by Crippen LogP contribution is -2.42. The molecule has 2 fully saturated rings. The summed E-state index contributed by atoms with van der Waals surface area (Å²) in [6.07, 6.45) is 4.40. The van der Waals surface area contributed by atoms with E-state index in [1.165, 1.54) is 18.9 Å². The number of piperidine rings is 1. The molecule has 1 saturated carbocycles. The first kappa shape index (κ1) is 15.5. The van der Waals surface area contributed by atoms with E-state index < -0.39 is 0 Å². The van der Waals surface area contributed by atoms with Crippen molar-refractivity contribution in [3.63, 3.8) is 0 Å². The fourth-order valence-corrected chi connectivity index (χ4v) is 3.71. The summed E-state index contributed by atoms with van der Waals surface area (Å²) < 4.78 is 16.0. The van der Waals surface area contributed by atoms with Gasteiger partial charge in [-0.15, -0.1) is 15.3 Å². The van der Waals surface area contributed by atoms with Gasteiger partial charge in [0.05, 0.1) is 5.69 Å². The van der Waals surface area contributed by atoms with Crippen molar-refractivity contribution >= 4 is 17.2 Å². The third kappa shape index (κ3) is 2.87. The second-order valence-corrected chi connectivity index (χ2v) is 7.20. The Balaban J connectivity index is 1.35. The molecule has 1 atom stereocenters. The monoisotopic (exact) mass is 352 g/mol. The molecule has 2 aromatic heterocycles. The van der Waals surface area contributed by atoms with Crippen LogP contribution < -0.4 is 10.2 Å². The Labute approximate surface area is 151 Å². The number of anilines is 2. The van der Waals surface area contributed by atoms with Gasteiger partial charge in [-0.3, -0.25) is 0 Å². The molecule has 1 aliphatic heterocycles. The number of nitrogens with one attached hydrogen (secondary N) is 1. The predicted molar refractivity (Wildman–Crippen MR) is 98.0 cm³/mol. The number of rotatable bonds is 4. The van der Waals surface area contributed by atoms with Crippen LogP contribution in [0.4, 0.5) is 15.9 Å². The van der Waals surface area contributed by atoms with E-state index in [0.29, 0.717) is 11.6 Å². The molecule has 7 heteroatoms. The lowest BCUT2D eigenvalue weighted by Gasteiger charge is -2.35. The normalized spacial score (nSPS) is 20.5. The summed E-state index contributed by atoms with van der Waals surface area (Å²) in [6, 6.07) is 11.1. The van der Waals surface area contributed by atoms with Crippen molar-refractivity contribution in [3.8, 4) is 0 Å². The zero-order valence-corrected chi connectivity index (χ0v) is 14.5. The Bertz CT molecular complexity index is 935. The van der Waals surface area contributed by atoms with Crippen LogP contribution in [0, 0.1) is 5.82 Å². The standard InChI is InChI=1S/C19H21FN6/c20-15-5-1-2-6-16(15)25-11-3-4-14(12-25)21-17-9-10-18-22-23-19(13-7-8-13)26(18)24-17/h1-2,5-6,9-10,13-14H,3-4,7-8,11-12H2,(H,21,24). The molecule has 3 heterocycles. The van der Waals surface area contributed by atoms with Gasteiger partial charge in [-0.25, -0.2) is 4.39 Å². The summed E-state index contributed by atoms with van der Waals surface area (Å²) >= 11 is 0. The Hall–Kier alpha value is -2.70. The van der Waals surface area contributed by atoms with Gasteiger partial charge in [-0.05, 0) is 49.9 Å². The third-order valence-corrected chi connectivity index (χ3v) is 5.20. The number of para-hydroxylation sites is 1. The molecule has 0 amide bonds. The van der Waals surface area contributed by atoms with Crippen LogP contribution in [-0.2, 0) is 0 Å². The van der Waals surface area contributed by atoms with Crippen LogP contribution in [0.2, 0.25) is 0 Å². The predicted octanol–water partition coefficient (Wildman–Crippen LogP) is 3.22. The number of fused-ring (bicyclic) bond motifs is 1. The van der Waals surface area contributed by atoms with Crippen LogP contribution in [0.25, 0.3) is 5.65 Å². The molecule has 5 rings (SSSR count). The van der Waals surface area contributed by atoms with Gasteiger partial charge < -0.3 is 10.2 Å². The van der Waals surface area contributed by atoms with E-state index in [2.05, 4.69) is 20.4 Å². The molecule has 1 aromatic carbocycles. The number of nitrogens with zero attached hydrogens (tertiary/aromatic N) is 5. The number of aromatic nitrogens is 4. The molecule has 1 aliphatic carbocycles. The second kappa shape index (κ2) is 6.23. The van der Waals surface area contributed by atoms with Crippen molar-refractivity contribution in [2.24, 2.45) is 0 Å². The summed E-state index contributed by atoms with van der Waals surface area (Å²) in [5.74, 6) is 2.12. The first-order valence-electron chi connectivity index (χ1n) is 9.26. The minimum atomic E-state index is -0.161. The molecule has 0 bridgehead atoms. The smallest absolute Gasteiger partial charge is 0.178 e. The summed E-state index contributed by atoms with van der Waals surface area (Å²) in [7, 11) is 0. The van der Waals surface area contributed by atoms with E-state index in [1.807, 2.05) is 28.8 Å². The quantitative estimate of drug-likeness (QED) is 0.781. The molecule has 1 N–H and O–H groups in total. The van der Waals surface area contributed by atoms with Gasteiger partial charge in [0.25, 0.3) is 0 Å². The average molecular weight is 352 g/mol. The van der Waals surface area contributed by atoms with Gasteiger partial charge >= 0.3 is 0 Å². The van der Waals surface area contributed by atoms with Crippen molar-refractivity contribution in [2.75, 3.05) is 23.3 Å². The second-order valence-electron chi connectivity index (χ2n) is 7.20. The van der Waals surface area contributed by atoms with E-state index in [-0.39, 0.29) is 11.9 Å². The number of hydrogen-bond donors (Lipinski definition) is 1. The topological polar surface area (TPSA) is 58.3 Å². The number of halogens is 1. The van der Waals surface area contributed by atoms with Crippen LogP contribution in [0.3, 0.4) is 0 Å². The molecule has 134 valence electrons. The Morgan fingerprint density at radius 1 is 1.04 bits per heavy atom. The van der Waals surface area contributed by atoms with Gasteiger partial charge in [0, 0.05) is 25.0 Å². The summed E-state index contributed by atoms with van der Waals surface area (Å²) in [5, 5.41) is 16.7. The number of benzene rings is 1. The first-order chi connectivity index (χ1) is 12.8. The maximum Gasteiger partial charge on any atom is 0.178 e. The van der Waals surface area contributed by atoms with Gasteiger partial charge in [-0.1, -0.05) is 12.1 Å². The van der Waals surface area contributed by atoms with Gasteiger partial charge in [0.15, 0.2) is 11.5 Å². The van der Waals surface area contributed by atoms with E-state index >= 15 is 0 Å². The van der Waals surface area contributed by atoms with Crippen molar-refractivity contribution in [2.45, 2.75) is 37.6 Å². The molecule has 2 aliphatic rings. The number of hydrogen-bond acceptors (Lipinski definition) is 5. The van der Waals surface area contributed by atoms with Crippen LogP contribution in [-0.4, -0.2) is 38.9 Å². The van der Waals surface area contributed by atoms with Crippen LogP contribution in [0.1, 0.15) is 37.4 Å². The maximum absolute atomic E-state index is 14.1. The Morgan fingerprint density at radius 2 is 1.92 bits per heavy atom. The molecular weight excluding hydrogens is 331 g/mol. The van der Waals surface area contributed by atoms with Crippen LogP contribution in [0.15, 0.2) is 36.4 Å². The average Bonchev–Trinajstić information content (AvgIpc) is 3.42. The molecule has 0 radical (unpaired) electrons. The largest absolute Gasteiger partial charge is 0.367 e. The molecule has 0 spiro atoms. The Kier molecular flexibility index (Phi) is 3.72. The van der Waals surface area contributed by atoms with Crippen molar-refractivity contribution < 1.29 is 4.39 Å². The molecule has 3 aromatic rings. The highest BCUT2D eigenvalue weighted by Crippen LogP contribution is 2.38. The molecule has 1 saturated heterocycles. The molecule has 1 unspecified atom stereocenters. The highest BCUT2D eigenvalue weighted by atomic mass is 19.1. The first-order valence-corrected chi connectivity index (χ1v) is 9.26. The van der Waals surface area contributed by atoms with E-state index in [0.717, 1.165) is 43.2 Å². The van der Waals surface area contributed by atoms with Gasteiger partial charge in [-0.2, -0.15) is 4.52 Å². The summed E-state index contributed by atoms with van der Waals surface area (Å²) in [6.45, 7) is 1.64. The maximum atomic E-state index is 14.1. The van der Waals surface area contributed by atoms with Crippen molar-refractivity contribution in [1.82, 2.24) is 19.8 Å². The third-order valence-electron chi connectivity index (χ3n) is 5.20. The minimum Gasteiger partial charge on any atom is -0.367 e. The Morgan fingerprint density at radius 3 is 2.77 bits per heavy atom. The molecule has 6 nitrogen and oxygen atoms in total. The van der Waals surface area contributed by atoms with E-state index in [1.54, 1.807) is 6.07 Å². The van der Waals surface area contributed by atoms with Crippen molar-refractivity contribution in [3.05, 3.63) is 48.0 Å². The van der Waals surface area contributed by atoms with Gasteiger partial charge in [0.2, 0.25) is 0 Å². The van der Waals surface area contributed by atoms with Crippen molar-refractivity contribution in [1.29, 1.82) is 0 Å². The van der Waals surface area contributed by atoms with E-state index in [9.17, 15) is 4.39 Å². The molecular formula is C19H21FN6. The SMILES string of the molecule is Fc1ccccc1N1CCCC(Nc2ccc3nnc(C4CC4)n3n2)C1. The lowest BCUT2D eigenvalue weighted by atomic mass is 10.0. The van der Waals surface area contributed by atoms with Gasteiger partial charge in [0.1, 0.15) is 11.6 Å². The highest BCUT2D eigenvalue weighted by molar-refractivity contribution is 5.50. The molecule has 26 heavy (non-hydrogen) atoms. The lowest BCUT2D eigenvalue weighted by molar-refractivity contribution is 0.517. The fraction of sp³-hybridized carbons (Fsp3) is 0.421. The summed E-state index contributed by atoms with van der Waals surface area (Å²) in [5.41, 5.74) is 1.46. The zero-order valence-electron chi connectivity index (χ0n) is 14.5. The minimum absolute atomic E-state index is 0.161.